The fraction of sp³-hybridized carbons (Fsp3) is 0.857. The van der Waals surface area contributed by atoms with Gasteiger partial charge in [-0.3, -0.25) is 0 Å². The largest absolute Gasteiger partial charge is 0.480 e. The van der Waals surface area contributed by atoms with Gasteiger partial charge in [-0.1, -0.05) is 0 Å². The highest BCUT2D eigenvalue weighted by molar-refractivity contribution is 5.86. The number of amides is 2. The first-order valence-electron chi connectivity index (χ1n) is 7.46. The van der Waals surface area contributed by atoms with Crippen LogP contribution in [-0.4, -0.2) is 67.6 Å². The zero-order chi connectivity index (χ0) is 15.3. The molecule has 2 rings (SSSR count). The smallest absolute Gasteiger partial charge is 0.329 e. The van der Waals surface area contributed by atoms with Gasteiger partial charge in [-0.25, -0.2) is 9.59 Å². The summed E-state index contributed by atoms with van der Waals surface area (Å²) in [5.41, 5.74) is -1.20. The number of rotatable bonds is 4. The zero-order valence-electron chi connectivity index (χ0n) is 12.5. The maximum absolute atomic E-state index is 12.3. The van der Waals surface area contributed by atoms with E-state index in [1.165, 1.54) is 0 Å². The van der Waals surface area contributed by atoms with E-state index in [-0.39, 0.29) is 6.03 Å². The van der Waals surface area contributed by atoms with Gasteiger partial charge in [-0.2, -0.15) is 0 Å². The van der Waals surface area contributed by atoms with E-state index in [2.05, 4.69) is 5.32 Å². The predicted octanol–water partition coefficient (Wildman–Crippen LogP) is 0.688. The summed E-state index contributed by atoms with van der Waals surface area (Å²) in [6.45, 7) is 2.81. The average molecular weight is 300 g/mol. The second kappa shape index (κ2) is 7.09. The number of nitrogens with zero attached hydrogens (tertiary/aromatic N) is 1. The molecule has 0 aliphatic carbocycles. The zero-order valence-corrected chi connectivity index (χ0v) is 12.5. The van der Waals surface area contributed by atoms with Crippen molar-refractivity contribution in [3.05, 3.63) is 0 Å². The van der Waals surface area contributed by atoms with Gasteiger partial charge in [0.05, 0.1) is 0 Å². The van der Waals surface area contributed by atoms with Crippen LogP contribution in [-0.2, 0) is 14.3 Å². The number of carbonyl (C=O) groups excluding carboxylic acids is 1. The molecule has 2 fully saturated rings. The van der Waals surface area contributed by atoms with Gasteiger partial charge in [-0.05, 0) is 18.8 Å². The fourth-order valence-electron chi connectivity index (χ4n) is 2.81. The Hall–Kier alpha value is -1.34. The lowest BCUT2D eigenvalue weighted by Gasteiger charge is -2.36. The molecule has 0 aromatic heterocycles. The first-order chi connectivity index (χ1) is 10.0. The van der Waals surface area contributed by atoms with E-state index in [0.29, 0.717) is 38.5 Å². The Balaban J connectivity index is 1.90. The molecule has 0 unspecified atom stereocenters. The fourth-order valence-corrected chi connectivity index (χ4v) is 2.81. The molecule has 21 heavy (non-hydrogen) atoms. The van der Waals surface area contributed by atoms with Crippen molar-refractivity contribution < 1.29 is 24.2 Å². The van der Waals surface area contributed by atoms with Crippen LogP contribution in [0, 0.1) is 5.92 Å². The van der Waals surface area contributed by atoms with Gasteiger partial charge < -0.3 is 24.8 Å². The van der Waals surface area contributed by atoms with E-state index in [4.69, 9.17) is 9.47 Å². The first-order valence-corrected chi connectivity index (χ1v) is 7.46. The van der Waals surface area contributed by atoms with Crippen LogP contribution in [0.1, 0.15) is 25.7 Å². The second-order valence-electron chi connectivity index (χ2n) is 5.87. The Kier molecular flexibility index (Phi) is 5.41. The van der Waals surface area contributed by atoms with Gasteiger partial charge in [0.15, 0.2) is 0 Å². The molecule has 2 N–H and O–H groups in total. The van der Waals surface area contributed by atoms with E-state index in [0.717, 1.165) is 26.1 Å². The van der Waals surface area contributed by atoms with Crippen LogP contribution in [0.2, 0.25) is 0 Å². The Bertz CT molecular complexity index is 376. The number of carboxylic acids is 1. The van der Waals surface area contributed by atoms with Crippen molar-refractivity contribution in [1.29, 1.82) is 0 Å². The normalized spacial score (nSPS) is 22.5. The van der Waals surface area contributed by atoms with Gasteiger partial charge in [-0.15, -0.1) is 0 Å². The summed E-state index contributed by atoms with van der Waals surface area (Å²) in [7, 11) is 1.71. The molecule has 0 saturated carbocycles. The summed E-state index contributed by atoms with van der Waals surface area (Å²) >= 11 is 0. The highest BCUT2D eigenvalue weighted by Crippen LogP contribution is 2.22. The lowest BCUT2D eigenvalue weighted by Crippen LogP contribution is -2.60. The molecular formula is C14H24N2O5. The molecule has 2 saturated heterocycles. The molecular weight excluding hydrogens is 276 g/mol. The standard InChI is InChI=1S/C14H24N2O5/c1-16(10-11-2-6-20-7-3-11)13(19)15-14(12(17)18)4-8-21-9-5-14/h11H,2-10H2,1H3,(H,15,19)(H,17,18). The van der Waals surface area contributed by atoms with Crippen molar-refractivity contribution in [2.45, 2.75) is 31.2 Å². The monoisotopic (exact) mass is 300 g/mol. The topological polar surface area (TPSA) is 88.1 Å². The molecule has 0 atom stereocenters. The van der Waals surface area contributed by atoms with Crippen LogP contribution in [0.15, 0.2) is 0 Å². The molecule has 2 aliphatic rings. The van der Waals surface area contributed by atoms with Crippen LogP contribution in [0.4, 0.5) is 4.79 Å². The van der Waals surface area contributed by atoms with Crippen molar-refractivity contribution in [2.24, 2.45) is 5.92 Å². The number of nitrogens with one attached hydrogen (secondary N) is 1. The number of urea groups is 1. The Labute approximate surface area is 124 Å². The molecule has 0 radical (unpaired) electrons. The van der Waals surface area contributed by atoms with Crippen LogP contribution < -0.4 is 5.32 Å². The quantitative estimate of drug-likeness (QED) is 0.797. The number of carbonyl (C=O) groups is 2. The highest BCUT2D eigenvalue weighted by atomic mass is 16.5. The number of carboxylic acid groups (broad SMARTS) is 1. The molecule has 7 nitrogen and oxygen atoms in total. The maximum atomic E-state index is 12.3. The summed E-state index contributed by atoms with van der Waals surface area (Å²) < 4.78 is 10.5. The number of ether oxygens (including phenoxy) is 2. The minimum Gasteiger partial charge on any atom is -0.480 e. The lowest BCUT2D eigenvalue weighted by molar-refractivity contribution is -0.148. The van der Waals surface area contributed by atoms with Crippen molar-refractivity contribution in [3.8, 4) is 0 Å². The molecule has 2 amide bonds. The lowest BCUT2D eigenvalue weighted by atomic mass is 9.90. The SMILES string of the molecule is CN(CC1CCOCC1)C(=O)NC1(C(=O)O)CCOCC1. The van der Waals surface area contributed by atoms with Crippen molar-refractivity contribution in [2.75, 3.05) is 40.0 Å². The third-order valence-corrected chi connectivity index (χ3v) is 4.32. The predicted molar refractivity (Wildman–Crippen MR) is 75.1 cm³/mol. The van der Waals surface area contributed by atoms with Gasteiger partial charge >= 0.3 is 12.0 Å². The number of hydrogen-bond acceptors (Lipinski definition) is 4. The number of aliphatic carboxylic acids is 1. The summed E-state index contributed by atoms with van der Waals surface area (Å²) in [6.07, 6.45) is 2.49. The second-order valence-corrected chi connectivity index (χ2v) is 5.87. The number of hydrogen-bond donors (Lipinski definition) is 2. The van der Waals surface area contributed by atoms with Gasteiger partial charge in [0, 0.05) is 52.9 Å². The minimum absolute atomic E-state index is 0.305. The van der Waals surface area contributed by atoms with Crippen molar-refractivity contribution in [1.82, 2.24) is 10.2 Å². The molecule has 0 bridgehead atoms. The van der Waals surface area contributed by atoms with E-state index in [1.807, 2.05) is 0 Å². The minimum atomic E-state index is -1.20. The van der Waals surface area contributed by atoms with E-state index < -0.39 is 11.5 Å². The van der Waals surface area contributed by atoms with E-state index in [9.17, 15) is 14.7 Å². The summed E-state index contributed by atoms with van der Waals surface area (Å²) in [5, 5.41) is 12.1. The van der Waals surface area contributed by atoms with Crippen LogP contribution >= 0.6 is 0 Å². The van der Waals surface area contributed by atoms with Crippen LogP contribution in [0.5, 0.6) is 0 Å². The van der Waals surface area contributed by atoms with Crippen LogP contribution in [0.25, 0.3) is 0 Å². The molecule has 0 aromatic rings. The summed E-state index contributed by atoms with van der Waals surface area (Å²) in [6, 6.07) is -0.328. The Morgan fingerprint density at radius 2 is 1.76 bits per heavy atom. The average Bonchev–Trinajstić information content (AvgIpc) is 2.49. The third-order valence-electron chi connectivity index (χ3n) is 4.32. The third kappa shape index (κ3) is 4.07. The molecule has 0 aromatic carbocycles. The molecule has 2 aliphatic heterocycles. The van der Waals surface area contributed by atoms with Gasteiger partial charge in [0.1, 0.15) is 5.54 Å². The van der Waals surface area contributed by atoms with Crippen molar-refractivity contribution >= 4 is 12.0 Å². The van der Waals surface area contributed by atoms with Gasteiger partial charge in [0.2, 0.25) is 0 Å². The molecule has 0 spiro atoms. The Morgan fingerprint density at radius 1 is 1.19 bits per heavy atom. The Morgan fingerprint density at radius 3 is 2.33 bits per heavy atom. The first kappa shape index (κ1) is 16.0. The summed E-state index contributed by atoms with van der Waals surface area (Å²) in [4.78, 5) is 25.4. The van der Waals surface area contributed by atoms with E-state index in [1.54, 1.807) is 11.9 Å². The van der Waals surface area contributed by atoms with E-state index >= 15 is 0 Å². The molecule has 7 heteroatoms. The molecule has 2 heterocycles. The van der Waals surface area contributed by atoms with Crippen LogP contribution in [0.3, 0.4) is 0 Å². The van der Waals surface area contributed by atoms with Crippen molar-refractivity contribution in [3.63, 3.8) is 0 Å². The van der Waals surface area contributed by atoms with Gasteiger partial charge in [0.25, 0.3) is 0 Å². The molecule has 120 valence electrons. The maximum Gasteiger partial charge on any atom is 0.329 e. The highest BCUT2D eigenvalue weighted by Gasteiger charge is 2.42. The summed E-state index contributed by atoms with van der Waals surface area (Å²) in [5.74, 6) is -0.566.